The highest BCUT2D eigenvalue weighted by Gasteiger charge is 2.16. The number of benzene rings is 1. The molecule has 1 aromatic rings. The van der Waals surface area contributed by atoms with E-state index in [2.05, 4.69) is 9.47 Å². The van der Waals surface area contributed by atoms with Crippen LogP contribution in [-0.4, -0.2) is 20.6 Å². The van der Waals surface area contributed by atoms with Crippen LogP contribution in [0.5, 0.6) is 17.2 Å². The number of hydrogen-bond acceptors (Lipinski definition) is 3. The highest BCUT2D eigenvalue weighted by atomic mass is 19.1. The topological polar surface area (TPSA) is 27.7 Å². The predicted molar refractivity (Wildman–Crippen MR) is 61.0 cm³/mol. The number of ether oxygens (including phenoxy) is 3. The van der Waals surface area contributed by atoms with Crippen molar-refractivity contribution in [3.8, 4) is 17.2 Å². The highest BCUT2D eigenvalue weighted by molar-refractivity contribution is 5.66. The highest BCUT2D eigenvalue weighted by Crippen LogP contribution is 2.41. The average molecular weight is 262 g/mol. The number of alkyl halides is 3. The Morgan fingerprint density at radius 1 is 0.944 bits per heavy atom. The van der Waals surface area contributed by atoms with Crippen LogP contribution in [0.4, 0.5) is 13.2 Å². The van der Waals surface area contributed by atoms with Crippen LogP contribution in [-0.2, 0) is 0 Å². The summed E-state index contributed by atoms with van der Waals surface area (Å²) in [5, 5.41) is 0. The van der Waals surface area contributed by atoms with Gasteiger partial charge in [0.15, 0.2) is 11.5 Å². The van der Waals surface area contributed by atoms with Crippen molar-refractivity contribution in [3.63, 3.8) is 0 Å². The maximum atomic E-state index is 12.3. The lowest BCUT2D eigenvalue weighted by molar-refractivity contribution is 0.139. The zero-order valence-corrected chi connectivity index (χ0v) is 9.79. The third-order valence-corrected chi connectivity index (χ3v) is 2.06. The number of halogens is 3. The van der Waals surface area contributed by atoms with Crippen molar-refractivity contribution in [3.05, 3.63) is 23.8 Å². The average Bonchev–Trinajstić information content (AvgIpc) is 2.37. The molecule has 0 saturated heterocycles. The van der Waals surface area contributed by atoms with E-state index in [1.807, 2.05) is 0 Å². The molecule has 0 unspecified atom stereocenters. The Labute approximate surface area is 103 Å². The third-order valence-electron chi connectivity index (χ3n) is 2.06. The third kappa shape index (κ3) is 3.32. The second kappa shape index (κ2) is 7.47. The molecule has 1 rings (SSSR count). The summed E-state index contributed by atoms with van der Waals surface area (Å²) in [6.07, 6.45) is 3.31. The van der Waals surface area contributed by atoms with Crippen LogP contribution in [0.2, 0.25) is 0 Å². The minimum atomic E-state index is -1.16. The molecule has 1 aromatic carbocycles. The predicted octanol–water partition coefficient (Wildman–Crippen LogP) is 3.64. The molecule has 0 aliphatic carbocycles. The Kier molecular flexibility index (Phi) is 5.90. The van der Waals surface area contributed by atoms with Gasteiger partial charge in [0.05, 0.1) is 0 Å². The zero-order valence-electron chi connectivity index (χ0n) is 9.79. The minimum absolute atomic E-state index is 0.0285. The molecule has 0 N–H and O–H groups in total. The van der Waals surface area contributed by atoms with E-state index in [-0.39, 0.29) is 17.2 Å². The second-order valence-corrected chi connectivity index (χ2v) is 3.07. The summed E-state index contributed by atoms with van der Waals surface area (Å²) in [4.78, 5) is 0. The summed E-state index contributed by atoms with van der Waals surface area (Å²) in [5.74, 6) is -0.241. The molecular weight excluding hydrogens is 249 g/mol. The SMILES string of the molecule is C/C=C/c1ccc(OCF)c(OCF)c1OCF. The lowest BCUT2D eigenvalue weighted by Gasteiger charge is -2.15. The summed E-state index contributed by atoms with van der Waals surface area (Å²) >= 11 is 0. The fourth-order valence-electron chi connectivity index (χ4n) is 1.44. The monoisotopic (exact) mass is 262 g/mol. The van der Waals surface area contributed by atoms with Crippen LogP contribution in [0, 0.1) is 0 Å². The first kappa shape index (κ1) is 14.2. The molecule has 0 saturated carbocycles. The smallest absolute Gasteiger partial charge is 0.229 e. The molecule has 3 nitrogen and oxygen atoms in total. The van der Waals surface area contributed by atoms with Gasteiger partial charge in [-0.25, -0.2) is 13.2 Å². The lowest BCUT2D eigenvalue weighted by Crippen LogP contribution is -2.02. The standard InChI is InChI=1S/C12H13F3O3/c1-2-3-9-4-5-10(16-6-13)12(18-8-15)11(9)17-7-14/h2-5H,6-8H2,1H3/b3-2+. The van der Waals surface area contributed by atoms with E-state index in [1.54, 1.807) is 19.1 Å². The van der Waals surface area contributed by atoms with Crippen molar-refractivity contribution in [1.82, 2.24) is 0 Å². The summed E-state index contributed by atoms with van der Waals surface area (Å²) in [6.45, 7) is -1.64. The van der Waals surface area contributed by atoms with E-state index in [1.165, 1.54) is 12.1 Å². The molecule has 18 heavy (non-hydrogen) atoms. The van der Waals surface area contributed by atoms with Crippen molar-refractivity contribution in [2.45, 2.75) is 6.92 Å². The zero-order chi connectivity index (χ0) is 13.4. The van der Waals surface area contributed by atoms with Crippen molar-refractivity contribution in [1.29, 1.82) is 0 Å². The lowest BCUT2D eigenvalue weighted by atomic mass is 10.1. The molecule has 6 heteroatoms. The Morgan fingerprint density at radius 3 is 2.11 bits per heavy atom. The summed E-state index contributed by atoms with van der Waals surface area (Å²) < 4.78 is 50.8. The summed E-state index contributed by atoms with van der Waals surface area (Å²) in [7, 11) is 0. The van der Waals surface area contributed by atoms with Gasteiger partial charge < -0.3 is 14.2 Å². The van der Waals surface area contributed by atoms with Gasteiger partial charge in [0, 0.05) is 5.56 Å². The van der Waals surface area contributed by atoms with Crippen molar-refractivity contribution in [2.24, 2.45) is 0 Å². The van der Waals surface area contributed by atoms with Gasteiger partial charge in [0.25, 0.3) is 0 Å². The number of rotatable bonds is 7. The Morgan fingerprint density at radius 2 is 1.56 bits per heavy atom. The van der Waals surface area contributed by atoms with E-state index < -0.39 is 20.6 Å². The fourth-order valence-corrected chi connectivity index (χ4v) is 1.44. The molecule has 0 aliphatic rings. The molecule has 0 aliphatic heterocycles. The van der Waals surface area contributed by atoms with Crippen LogP contribution in [0.1, 0.15) is 12.5 Å². The van der Waals surface area contributed by atoms with Crippen molar-refractivity contribution < 1.29 is 27.4 Å². The molecule has 0 heterocycles. The number of hydrogen-bond donors (Lipinski definition) is 0. The summed E-state index contributed by atoms with van der Waals surface area (Å²) in [6, 6.07) is 2.92. The van der Waals surface area contributed by atoms with Gasteiger partial charge in [0.1, 0.15) is 0 Å². The van der Waals surface area contributed by atoms with E-state index in [4.69, 9.17) is 4.74 Å². The van der Waals surface area contributed by atoms with Gasteiger partial charge in [-0.2, -0.15) is 0 Å². The van der Waals surface area contributed by atoms with Crippen LogP contribution in [0.3, 0.4) is 0 Å². The molecule has 0 radical (unpaired) electrons. The maximum Gasteiger partial charge on any atom is 0.229 e. The quantitative estimate of drug-likeness (QED) is 0.750. The summed E-state index contributed by atoms with van der Waals surface area (Å²) in [5.41, 5.74) is 0.477. The van der Waals surface area contributed by atoms with Crippen LogP contribution in [0.25, 0.3) is 6.08 Å². The van der Waals surface area contributed by atoms with Crippen molar-refractivity contribution in [2.75, 3.05) is 20.6 Å². The van der Waals surface area contributed by atoms with Gasteiger partial charge in [-0.3, -0.25) is 0 Å². The van der Waals surface area contributed by atoms with Crippen LogP contribution >= 0.6 is 0 Å². The molecule has 0 spiro atoms. The van der Waals surface area contributed by atoms with Gasteiger partial charge >= 0.3 is 0 Å². The maximum absolute atomic E-state index is 12.3. The first-order valence-corrected chi connectivity index (χ1v) is 5.14. The van der Waals surface area contributed by atoms with Gasteiger partial charge in [0.2, 0.25) is 26.3 Å². The molecule has 0 aromatic heterocycles. The Hall–Kier alpha value is -1.85. The molecule has 0 bridgehead atoms. The first-order chi connectivity index (χ1) is 8.78. The molecule has 0 amide bonds. The molecule has 0 atom stereocenters. The fraction of sp³-hybridized carbons (Fsp3) is 0.333. The van der Waals surface area contributed by atoms with Gasteiger partial charge in [-0.05, 0) is 19.1 Å². The normalized spacial score (nSPS) is 10.7. The van der Waals surface area contributed by atoms with Gasteiger partial charge in [-0.1, -0.05) is 12.2 Å². The molecule has 0 fully saturated rings. The van der Waals surface area contributed by atoms with E-state index in [0.717, 1.165) is 0 Å². The Balaban J connectivity index is 3.28. The van der Waals surface area contributed by atoms with Crippen LogP contribution in [0.15, 0.2) is 18.2 Å². The Bertz CT molecular complexity index is 408. The second-order valence-electron chi connectivity index (χ2n) is 3.07. The molecular formula is C12H13F3O3. The van der Waals surface area contributed by atoms with E-state index in [9.17, 15) is 13.2 Å². The molecule has 100 valence electrons. The van der Waals surface area contributed by atoms with Crippen molar-refractivity contribution >= 4 is 6.08 Å². The van der Waals surface area contributed by atoms with Crippen LogP contribution < -0.4 is 14.2 Å². The minimum Gasteiger partial charge on any atom is -0.459 e. The van der Waals surface area contributed by atoms with E-state index in [0.29, 0.717) is 5.56 Å². The van der Waals surface area contributed by atoms with Gasteiger partial charge in [-0.15, -0.1) is 0 Å². The number of allylic oxidation sites excluding steroid dienone is 1. The van der Waals surface area contributed by atoms with E-state index >= 15 is 0 Å². The largest absolute Gasteiger partial charge is 0.459 e. The first-order valence-electron chi connectivity index (χ1n) is 5.14.